The topological polar surface area (TPSA) is 19.7 Å². The Kier molecular flexibility index (Phi) is 13.0. The average Bonchev–Trinajstić information content (AvgIpc) is 3.38. The van der Waals surface area contributed by atoms with Crippen molar-refractivity contribution in [3.05, 3.63) is 90.0 Å². The second-order valence-electron chi connectivity index (χ2n) is 11.4. The van der Waals surface area contributed by atoms with Crippen LogP contribution in [-0.4, -0.2) is 4.98 Å². The SMILES string of the molecule is CCCCCCCCCCCCCC(c1[nH]cc[n+]1CCC)C(C)(Cc1ccccc1)c1ccccc1. The lowest BCUT2D eigenvalue weighted by atomic mass is 9.66. The van der Waals surface area contributed by atoms with Gasteiger partial charge in [0.25, 0.3) is 5.82 Å². The first-order valence-electron chi connectivity index (χ1n) is 15.3. The van der Waals surface area contributed by atoms with E-state index in [1.54, 1.807) is 0 Å². The average molecular weight is 502 g/mol. The molecule has 2 heteroatoms. The second-order valence-corrected chi connectivity index (χ2v) is 11.4. The predicted molar refractivity (Wildman–Crippen MR) is 159 cm³/mol. The van der Waals surface area contributed by atoms with E-state index in [4.69, 9.17) is 0 Å². The van der Waals surface area contributed by atoms with E-state index in [9.17, 15) is 0 Å². The van der Waals surface area contributed by atoms with Gasteiger partial charge in [-0.25, -0.2) is 9.55 Å². The van der Waals surface area contributed by atoms with Crippen LogP contribution in [0.3, 0.4) is 0 Å². The molecule has 0 spiro atoms. The van der Waals surface area contributed by atoms with Crippen molar-refractivity contribution in [3.8, 4) is 0 Å². The second kappa shape index (κ2) is 16.5. The molecule has 0 saturated carbocycles. The van der Waals surface area contributed by atoms with Gasteiger partial charge in [-0.2, -0.15) is 0 Å². The molecule has 0 bridgehead atoms. The summed E-state index contributed by atoms with van der Waals surface area (Å²) >= 11 is 0. The summed E-state index contributed by atoms with van der Waals surface area (Å²) in [7, 11) is 0. The Morgan fingerprint density at radius 3 is 1.86 bits per heavy atom. The predicted octanol–water partition coefficient (Wildman–Crippen LogP) is 9.70. The molecule has 3 rings (SSSR count). The minimum Gasteiger partial charge on any atom is -0.247 e. The number of imidazole rings is 1. The van der Waals surface area contributed by atoms with Crippen molar-refractivity contribution in [1.29, 1.82) is 0 Å². The van der Waals surface area contributed by atoms with Gasteiger partial charge in [-0.3, -0.25) is 0 Å². The van der Waals surface area contributed by atoms with Crippen LogP contribution in [0.15, 0.2) is 73.1 Å². The summed E-state index contributed by atoms with van der Waals surface area (Å²) in [6.45, 7) is 8.16. The lowest BCUT2D eigenvalue weighted by molar-refractivity contribution is -0.704. The van der Waals surface area contributed by atoms with Crippen LogP contribution in [-0.2, 0) is 18.4 Å². The van der Waals surface area contributed by atoms with Gasteiger partial charge in [0.15, 0.2) is 0 Å². The largest absolute Gasteiger partial charge is 0.258 e. The number of aromatic nitrogens is 2. The van der Waals surface area contributed by atoms with Crippen molar-refractivity contribution in [1.82, 2.24) is 4.98 Å². The zero-order valence-corrected chi connectivity index (χ0v) is 24.1. The smallest absolute Gasteiger partial charge is 0.247 e. The van der Waals surface area contributed by atoms with E-state index in [1.807, 2.05) is 0 Å². The van der Waals surface area contributed by atoms with E-state index in [-0.39, 0.29) is 5.41 Å². The summed E-state index contributed by atoms with van der Waals surface area (Å²) in [6, 6.07) is 22.4. The lowest BCUT2D eigenvalue weighted by Crippen LogP contribution is -2.43. The molecule has 0 aliphatic carbocycles. The van der Waals surface area contributed by atoms with Crippen LogP contribution in [0.4, 0.5) is 0 Å². The van der Waals surface area contributed by atoms with Gasteiger partial charge in [0.2, 0.25) is 0 Å². The highest BCUT2D eigenvalue weighted by Gasteiger charge is 2.41. The zero-order chi connectivity index (χ0) is 26.2. The molecule has 0 fully saturated rings. The van der Waals surface area contributed by atoms with Gasteiger partial charge in [-0.1, -0.05) is 152 Å². The minimum absolute atomic E-state index is 0.0153. The third-order valence-electron chi connectivity index (χ3n) is 8.30. The van der Waals surface area contributed by atoms with E-state index in [1.165, 1.54) is 94.0 Å². The molecule has 3 aromatic rings. The van der Waals surface area contributed by atoms with Crippen LogP contribution in [0.25, 0.3) is 0 Å². The number of H-pyrrole nitrogens is 1. The van der Waals surface area contributed by atoms with Crippen molar-refractivity contribution >= 4 is 0 Å². The van der Waals surface area contributed by atoms with Crippen molar-refractivity contribution < 1.29 is 4.57 Å². The van der Waals surface area contributed by atoms with E-state index >= 15 is 0 Å². The van der Waals surface area contributed by atoms with Crippen LogP contribution in [0, 0.1) is 0 Å². The molecule has 37 heavy (non-hydrogen) atoms. The molecule has 0 amide bonds. The van der Waals surface area contributed by atoms with Crippen LogP contribution in [0.1, 0.15) is 127 Å². The molecule has 1 heterocycles. The number of benzene rings is 2. The highest BCUT2D eigenvalue weighted by molar-refractivity contribution is 5.32. The molecule has 2 nitrogen and oxygen atoms in total. The Morgan fingerprint density at radius 2 is 1.27 bits per heavy atom. The van der Waals surface area contributed by atoms with E-state index in [0.29, 0.717) is 5.92 Å². The third-order valence-corrected chi connectivity index (χ3v) is 8.30. The maximum absolute atomic E-state index is 3.70. The summed E-state index contributed by atoms with van der Waals surface area (Å²) in [4.78, 5) is 3.70. The van der Waals surface area contributed by atoms with Crippen LogP contribution >= 0.6 is 0 Å². The molecule has 0 aliphatic heterocycles. The summed E-state index contributed by atoms with van der Waals surface area (Å²) in [6.07, 6.45) is 23.1. The molecule has 0 aliphatic rings. The zero-order valence-electron chi connectivity index (χ0n) is 24.1. The van der Waals surface area contributed by atoms with Gasteiger partial charge in [0.1, 0.15) is 12.4 Å². The molecule has 2 aromatic carbocycles. The summed E-state index contributed by atoms with van der Waals surface area (Å²) in [5.41, 5.74) is 2.89. The Labute approximate surface area is 227 Å². The first-order chi connectivity index (χ1) is 18.2. The third kappa shape index (κ3) is 9.16. The Morgan fingerprint density at radius 1 is 0.703 bits per heavy atom. The molecular formula is C35H53N2+. The van der Waals surface area contributed by atoms with Crippen molar-refractivity contribution in [2.45, 2.75) is 129 Å². The maximum atomic E-state index is 3.70. The molecule has 2 unspecified atom stereocenters. The van der Waals surface area contributed by atoms with Crippen LogP contribution < -0.4 is 4.57 Å². The van der Waals surface area contributed by atoms with Crippen molar-refractivity contribution in [2.24, 2.45) is 0 Å². The fourth-order valence-electron chi connectivity index (χ4n) is 6.15. The highest BCUT2D eigenvalue weighted by atomic mass is 15.1. The Balaban J connectivity index is 1.70. The molecule has 0 radical (unpaired) electrons. The van der Waals surface area contributed by atoms with Gasteiger partial charge in [-0.05, 0) is 30.4 Å². The standard InChI is InChI=1S/C35H52N2/c1-4-6-7-8-9-10-11-12-13-14-21-26-33(34-36-27-29-37(34)28-5-2)35(3,32-24-19-16-20-25-32)30-31-22-17-15-18-23-31/h15-20,22-25,27,29,33H,4-14,21,26,28,30H2,1-3H3/p+1. The fourth-order valence-corrected chi connectivity index (χ4v) is 6.15. The van der Waals surface area contributed by atoms with E-state index < -0.39 is 0 Å². The first-order valence-corrected chi connectivity index (χ1v) is 15.3. The van der Waals surface area contributed by atoms with Crippen molar-refractivity contribution in [2.75, 3.05) is 0 Å². The number of nitrogens with one attached hydrogen (secondary N) is 1. The summed E-state index contributed by atoms with van der Waals surface area (Å²) in [5.74, 6) is 1.84. The van der Waals surface area contributed by atoms with E-state index in [0.717, 1.165) is 19.4 Å². The van der Waals surface area contributed by atoms with Crippen LogP contribution in [0.5, 0.6) is 0 Å². The fraction of sp³-hybridized carbons (Fsp3) is 0.571. The van der Waals surface area contributed by atoms with Gasteiger partial charge in [0.05, 0.1) is 12.5 Å². The first kappa shape index (κ1) is 29.2. The van der Waals surface area contributed by atoms with Crippen molar-refractivity contribution in [3.63, 3.8) is 0 Å². The Hall–Kier alpha value is -2.35. The number of aryl methyl sites for hydroxylation is 1. The highest BCUT2D eigenvalue weighted by Crippen LogP contribution is 2.43. The molecule has 1 N–H and O–H groups in total. The lowest BCUT2D eigenvalue weighted by Gasteiger charge is -2.37. The van der Waals surface area contributed by atoms with Gasteiger partial charge in [0, 0.05) is 5.41 Å². The molecule has 202 valence electrons. The number of hydrogen-bond donors (Lipinski definition) is 1. The number of hydrogen-bond acceptors (Lipinski definition) is 0. The normalized spacial score (nSPS) is 13.9. The maximum Gasteiger partial charge on any atom is 0.258 e. The van der Waals surface area contributed by atoms with Gasteiger partial charge >= 0.3 is 0 Å². The number of rotatable bonds is 19. The van der Waals surface area contributed by atoms with Gasteiger partial charge in [-0.15, -0.1) is 0 Å². The quantitative estimate of drug-likeness (QED) is 0.125. The summed E-state index contributed by atoms with van der Waals surface area (Å²) < 4.78 is 2.48. The Bertz CT molecular complexity index is 961. The molecule has 0 saturated heterocycles. The minimum atomic E-state index is 0.0153. The van der Waals surface area contributed by atoms with Gasteiger partial charge < -0.3 is 0 Å². The molecule has 2 atom stereocenters. The number of aromatic amines is 1. The van der Waals surface area contributed by atoms with E-state index in [2.05, 4.69) is 103 Å². The molecular weight excluding hydrogens is 448 g/mol. The molecule has 1 aromatic heterocycles. The number of unbranched alkanes of at least 4 members (excludes halogenated alkanes) is 10. The summed E-state index contributed by atoms with van der Waals surface area (Å²) in [5, 5.41) is 0. The number of nitrogens with zero attached hydrogens (tertiary/aromatic N) is 1. The monoisotopic (exact) mass is 501 g/mol. The van der Waals surface area contributed by atoms with Crippen LogP contribution in [0.2, 0.25) is 0 Å².